The molecule has 0 saturated heterocycles. The molecule has 2 nitrogen and oxygen atoms in total. The molecule has 0 saturated carbocycles. The molecule has 0 atom stereocenters. The summed E-state index contributed by atoms with van der Waals surface area (Å²) in [5.74, 6) is 1.72. The maximum absolute atomic E-state index is 5.91. The fourth-order valence-corrected chi connectivity index (χ4v) is 3.99. The van der Waals surface area contributed by atoms with Gasteiger partial charge in [0.25, 0.3) is 0 Å². The van der Waals surface area contributed by atoms with Crippen LogP contribution in [0.2, 0.25) is 0 Å². The number of hydrogen-bond acceptors (Lipinski definition) is 3. The molecule has 0 radical (unpaired) electrons. The highest BCUT2D eigenvalue weighted by Gasteiger charge is 2.02. The summed E-state index contributed by atoms with van der Waals surface area (Å²) in [6.45, 7) is 8.65. The van der Waals surface area contributed by atoms with Crippen LogP contribution in [0, 0.1) is 0 Å². The zero-order valence-electron chi connectivity index (χ0n) is 18.4. The maximum Gasteiger partial charge on any atom is 0.119 e. The van der Waals surface area contributed by atoms with Gasteiger partial charge in [-0.1, -0.05) is 85.6 Å². The normalized spacial score (nSPS) is 10.4. The molecule has 0 spiro atoms. The average molecular weight is 451 g/mol. The van der Waals surface area contributed by atoms with Crippen LogP contribution >= 0.6 is 11.8 Å². The summed E-state index contributed by atoms with van der Waals surface area (Å²) in [4.78, 5) is 2.32. The molecule has 164 valence electrons. The quantitative estimate of drug-likeness (QED) is 0.242. The number of benzene rings is 4. The lowest BCUT2D eigenvalue weighted by Crippen LogP contribution is -1.95. The van der Waals surface area contributed by atoms with Crippen LogP contribution < -0.4 is 9.47 Å². The third-order valence-electron chi connectivity index (χ3n) is 5.13. The first-order chi connectivity index (χ1) is 16.2. The highest BCUT2D eigenvalue weighted by Crippen LogP contribution is 2.30. The van der Waals surface area contributed by atoms with Crippen molar-refractivity contribution in [2.45, 2.75) is 23.0 Å². The van der Waals surface area contributed by atoms with Gasteiger partial charge in [-0.2, -0.15) is 0 Å². The Labute approximate surface area is 200 Å². The fraction of sp³-hybridized carbons (Fsp3) is 0.0667. The molecule has 0 aromatic heterocycles. The van der Waals surface area contributed by atoms with Crippen molar-refractivity contribution in [1.29, 1.82) is 0 Å². The summed E-state index contributed by atoms with van der Waals surface area (Å²) in [6.07, 6.45) is 3.68. The number of ether oxygens (including phenoxy) is 2. The molecular formula is C30H26O2S. The van der Waals surface area contributed by atoms with Crippen molar-refractivity contribution >= 4 is 23.9 Å². The van der Waals surface area contributed by atoms with Crippen molar-refractivity contribution in [3.05, 3.63) is 132 Å². The second-order valence-electron chi connectivity index (χ2n) is 7.51. The Morgan fingerprint density at radius 2 is 0.879 bits per heavy atom. The molecule has 33 heavy (non-hydrogen) atoms. The van der Waals surface area contributed by atoms with Crippen LogP contribution in [0.3, 0.4) is 0 Å². The lowest BCUT2D eigenvalue weighted by atomic mass is 10.1. The molecule has 0 bridgehead atoms. The fourth-order valence-electron chi connectivity index (χ4n) is 3.18. The average Bonchev–Trinajstić information content (AvgIpc) is 2.88. The van der Waals surface area contributed by atoms with E-state index >= 15 is 0 Å². The molecule has 4 aromatic carbocycles. The summed E-state index contributed by atoms with van der Waals surface area (Å²) < 4.78 is 11.8. The summed E-state index contributed by atoms with van der Waals surface area (Å²) in [6, 6.07) is 32.8. The van der Waals surface area contributed by atoms with E-state index in [-0.39, 0.29) is 0 Å². The van der Waals surface area contributed by atoms with Crippen LogP contribution in [-0.2, 0) is 13.2 Å². The van der Waals surface area contributed by atoms with Crippen molar-refractivity contribution in [3.8, 4) is 11.5 Å². The lowest BCUT2D eigenvalue weighted by Gasteiger charge is -2.09. The minimum atomic E-state index is 0.545. The first-order valence-corrected chi connectivity index (χ1v) is 11.6. The summed E-state index contributed by atoms with van der Waals surface area (Å²) in [7, 11) is 0. The standard InChI is InChI=1S/C30H26O2S/c1-3-23-5-9-25(10-6-23)21-31-27-13-17-29(18-14-27)33-30-19-15-28(16-20-30)32-22-26-11-7-24(4-2)8-12-26/h3-20H,1-2,21-22H2. The minimum absolute atomic E-state index is 0.545. The van der Waals surface area contributed by atoms with E-state index in [9.17, 15) is 0 Å². The Balaban J connectivity index is 1.26. The van der Waals surface area contributed by atoms with Gasteiger partial charge in [-0.25, -0.2) is 0 Å². The van der Waals surface area contributed by atoms with E-state index in [0.29, 0.717) is 13.2 Å². The predicted octanol–water partition coefficient (Wildman–Crippen LogP) is 8.28. The van der Waals surface area contributed by atoms with E-state index in [2.05, 4.69) is 61.7 Å². The summed E-state index contributed by atoms with van der Waals surface area (Å²) >= 11 is 1.71. The van der Waals surface area contributed by atoms with E-state index < -0.39 is 0 Å². The van der Waals surface area contributed by atoms with Crippen LogP contribution in [0.4, 0.5) is 0 Å². The number of rotatable bonds is 10. The maximum atomic E-state index is 5.91. The number of hydrogen-bond donors (Lipinski definition) is 0. The molecule has 0 amide bonds. The summed E-state index contributed by atoms with van der Waals surface area (Å²) in [5.41, 5.74) is 4.49. The molecule has 3 heteroatoms. The van der Waals surface area contributed by atoms with Crippen molar-refractivity contribution in [3.63, 3.8) is 0 Å². The van der Waals surface area contributed by atoms with Crippen molar-refractivity contribution in [2.75, 3.05) is 0 Å². The second kappa shape index (κ2) is 11.3. The van der Waals surface area contributed by atoms with Crippen LogP contribution in [0.5, 0.6) is 11.5 Å². The first kappa shape index (κ1) is 22.5. The van der Waals surface area contributed by atoms with Gasteiger partial charge in [0.1, 0.15) is 24.7 Å². The molecule has 0 aliphatic rings. The van der Waals surface area contributed by atoms with Crippen LogP contribution in [-0.4, -0.2) is 0 Å². The lowest BCUT2D eigenvalue weighted by molar-refractivity contribution is 0.306. The van der Waals surface area contributed by atoms with Gasteiger partial charge >= 0.3 is 0 Å². The van der Waals surface area contributed by atoms with E-state index in [0.717, 1.165) is 43.5 Å². The van der Waals surface area contributed by atoms with Gasteiger partial charge in [0, 0.05) is 9.79 Å². The monoisotopic (exact) mass is 450 g/mol. The van der Waals surface area contributed by atoms with Gasteiger partial charge in [-0.3, -0.25) is 0 Å². The Bertz CT molecular complexity index is 1080. The van der Waals surface area contributed by atoms with Crippen LogP contribution in [0.25, 0.3) is 12.2 Å². The Hall–Kier alpha value is -3.69. The van der Waals surface area contributed by atoms with Gasteiger partial charge in [-0.05, 0) is 70.8 Å². The van der Waals surface area contributed by atoms with Crippen LogP contribution in [0.15, 0.2) is 120 Å². The highest BCUT2D eigenvalue weighted by atomic mass is 32.2. The van der Waals surface area contributed by atoms with E-state index in [1.54, 1.807) is 11.8 Å². The molecule has 0 aliphatic carbocycles. The van der Waals surface area contributed by atoms with Crippen molar-refractivity contribution in [1.82, 2.24) is 0 Å². The van der Waals surface area contributed by atoms with Crippen molar-refractivity contribution in [2.24, 2.45) is 0 Å². The third-order valence-corrected chi connectivity index (χ3v) is 6.14. The SMILES string of the molecule is C=Cc1ccc(COc2ccc(Sc3ccc(OCc4ccc(C=C)cc4)cc3)cc2)cc1. The molecule has 0 unspecified atom stereocenters. The highest BCUT2D eigenvalue weighted by molar-refractivity contribution is 7.99. The first-order valence-electron chi connectivity index (χ1n) is 10.8. The summed E-state index contributed by atoms with van der Waals surface area (Å²) in [5, 5.41) is 0. The Morgan fingerprint density at radius 1 is 0.515 bits per heavy atom. The Morgan fingerprint density at radius 3 is 1.21 bits per heavy atom. The van der Waals surface area contributed by atoms with Gasteiger partial charge in [0.2, 0.25) is 0 Å². The largest absolute Gasteiger partial charge is 0.489 e. The molecule has 4 aromatic rings. The van der Waals surface area contributed by atoms with Gasteiger partial charge in [0.05, 0.1) is 0 Å². The third kappa shape index (κ3) is 6.64. The minimum Gasteiger partial charge on any atom is -0.489 e. The molecule has 0 heterocycles. The van der Waals surface area contributed by atoms with E-state index in [4.69, 9.17) is 9.47 Å². The molecule has 0 aliphatic heterocycles. The zero-order chi connectivity index (χ0) is 22.9. The zero-order valence-corrected chi connectivity index (χ0v) is 19.3. The van der Waals surface area contributed by atoms with Crippen molar-refractivity contribution < 1.29 is 9.47 Å². The van der Waals surface area contributed by atoms with Gasteiger partial charge < -0.3 is 9.47 Å². The van der Waals surface area contributed by atoms with E-state index in [1.807, 2.05) is 60.7 Å². The van der Waals surface area contributed by atoms with E-state index in [1.165, 1.54) is 0 Å². The predicted molar refractivity (Wildman–Crippen MR) is 139 cm³/mol. The second-order valence-corrected chi connectivity index (χ2v) is 8.66. The smallest absolute Gasteiger partial charge is 0.119 e. The molecule has 4 rings (SSSR count). The molecular weight excluding hydrogens is 424 g/mol. The Kier molecular flexibility index (Phi) is 7.68. The topological polar surface area (TPSA) is 18.5 Å². The van der Waals surface area contributed by atoms with Gasteiger partial charge in [0.15, 0.2) is 0 Å². The molecule has 0 fully saturated rings. The van der Waals surface area contributed by atoms with Crippen LogP contribution in [0.1, 0.15) is 22.3 Å². The molecule has 0 N–H and O–H groups in total. The van der Waals surface area contributed by atoms with Gasteiger partial charge in [-0.15, -0.1) is 0 Å².